The molecule has 0 saturated heterocycles. The van der Waals surface area contributed by atoms with Crippen molar-refractivity contribution in [2.45, 2.75) is 20.3 Å². The lowest BCUT2D eigenvalue weighted by molar-refractivity contribution is -0.385. The van der Waals surface area contributed by atoms with Crippen molar-refractivity contribution in [1.82, 2.24) is 14.9 Å². The summed E-state index contributed by atoms with van der Waals surface area (Å²) in [7, 11) is 3.22. The fraction of sp³-hybridized carbons (Fsp3) is 0.583. The number of nitrogens with one attached hydrogen (secondary N) is 2. The van der Waals surface area contributed by atoms with Crippen molar-refractivity contribution >= 4 is 23.4 Å². The zero-order valence-electron chi connectivity index (χ0n) is 12.6. The smallest absolute Gasteiger partial charge is 0.332 e. The lowest BCUT2D eigenvalue weighted by Crippen LogP contribution is -2.29. The number of hydrogen-bond acceptors (Lipinski definition) is 7. The quantitative estimate of drug-likeness (QED) is 0.570. The van der Waals surface area contributed by atoms with Crippen molar-refractivity contribution in [3.63, 3.8) is 0 Å². The molecule has 0 aliphatic heterocycles. The molecule has 0 unspecified atom stereocenters. The van der Waals surface area contributed by atoms with Gasteiger partial charge in [-0.3, -0.25) is 14.9 Å². The average molecular weight is 296 g/mol. The van der Waals surface area contributed by atoms with E-state index in [1.165, 1.54) is 11.8 Å². The number of hydrogen-bond donors (Lipinski definition) is 2. The van der Waals surface area contributed by atoms with Crippen molar-refractivity contribution in [1.29, 1.82) is 0 Å². The molecule has 0 atom stereocenters. The van der Waals surface area contributed by atoms with Gasteiger partial charge >= 0.3 is 5.69 Å². The third kappa shape index (κ3) is 4.55. The Balaban J connectivity index is 3.04. The molecule has 1 aromatic rings. The third-order valence-electron chi connectivity index (χ3n) is 2.68. The highest BCUT2D eigenvalue weighted by molar-refractivity contribution is 5.81. The average Bonchev–Trinajstić information content (AvgIpc) is 2.41. The van der Waals surface area contributed by atoms with E-state index in [-0.39, 0.29) is 29.7 Å². The first-order valence-corrected chi connectivity index (χ1v) is 6.57. The summed E-state index contributed by atoms with van der Waals surface area (Å²) in [6, 6.07) is 0. The number of likely N-dealkylation sites (N-methyl/N-ethyl adjacent to an activating group) is 1. The minimum absolute atomic E-state index is 0.0429. The van der Waals surface area contributed by atoms with Gasteiger partial charge in [-0.2, -0.15) is 4.98 Å². The van der Waals surface area contributed by atoms with Gasteiger partial charge in [0.2, 0.25) is 17.7 Å². The molecule has 0 aromatic carbocycles. The monoisotopic (exact) mass is 296 g/mol. The summed E-state index contributed by atoms with van der Waals surface area (Å²) < 4.78 is 0. The predicted molar refractivity (Wildman–Crippen MR) is 79.4 cm³/mol. The van der Waals surface area contributed by atoms with Gasteiger partial charge in [0.15, 0.2) is 0 Å². The Hall–Kier alpha value is -2.45. The highest BCUT2D eigenvalue weighted by Gasteiger charge is 2.22. The molecule has 0 radical (unpaired) electrons. The number of aromatic nitrogens is 2. The van der Waals surface area contributed by atoms with Crippen molar-refractivity contribution < 1.29 is 9.72 Å². The number of carbonyl (C=O) groups is 1. The number of aryl methyl sites for hydroxylation is 1. The second-order valence-electron chi connectivity index (χ2n) is 4.66. The minimum atomic E-state index is -0.554. The van der Waals surface area contributed by atoms with Crippen LogP contribution in [0, 0.1) is 17.0 Å². The Morgan fingerprint density at radius 1 is 1.33 bits per heavy atom. The first-order valence-electron chi connectivity index (χ1n) is 6.57. The van der Waals surface area contributed by atoms with E-state index in [0.29, 0.717) is 12.5 Å². The van der Waals surface area contributed by atoms with Crippen LogP contribution in [0.5, 0.6) is 0 Å². The van der Waals surface area contributed by atoms with Crippen LogP contribution in [0.3, 0.4) is 0 Å². The highest BCUT2D eigenvalue weighted by atomic mass is 16.6. The Morgan fingerprint density at radius 3 is 2.52 bits per heavy atom. The fourth-order valence-corrected chi connectivity index (χ4v) is 1.54. The minimum Gasteiger partial charge on any atom is -0.355 e. The zero-order valence-corrected chi connectivity index (χ0v) is 12.6. The molecule has 21 heavy (non-hydrogen) atoms. The van der Waals surface area contributed by atoms with Crippen LogP contribution in [0.4, 0.5) is 17.5 Å². The lowest BCUT2D eigenvalue weighted by Gasteiger charge is -2.13. The van der Waals surface area contributed by atoms with Crippen LogP contribution in [0.15, 0.2) is 0 Å². The van der Waals surface area contributed by atoms with Crippen LogP contribution in [0.25, 0.3) is 0 Å². The lowest BCUT2D eigenvalue weighted by atomic mass is 10.3. The summed E-state index contributed by atoms with van der Waals surface area (Å²) in [4.78, 5) is 31.7. The first kappa shape index (κ1) is 16.6. The standard InChI is InChI=1S/C12H20N6O3/c1-5-6-13-12-15-8(2)10(18(20)21)11(16-12)14-7-9(19)17(3)4/h5-7H2,1-4H3,(H2,13,14,15,16). The Morgan fingerprint density at radius 2 is 2.00 bits per heavy atom. The van der Waals surface area contributed by atoms with E-state index in [9.17, 15) is 14.9 Å². The van der Waals surface area contributed by atoms with Crippen LogP contribution in [0.2, 0.25) is 0 Å². The van der Waals surface area contributed by atoms with Crippen molar-refractivity contribution in [2.24, 2.45) is 0 Å². The van der Waals surface area contributed by atoms with Gasteiger partial charge in [0.05, 0.1) is 11.5 Å². The maximum atomic E-state index is 11.6. The number of amides is 1. The van der Waals surface area contributed by atoms with Gasteiger partial charge in [0, 0.05) is 20.6 Å². The molecule has 116 valence electrons. The largest absolute Gasteiger partial charge is 0.355 e. The molecule has 2 N–H and O–H groups in total. The number of nitrogens with zero attached hydrogens (tertiary/aromatic N) is 4. The topological polar surface area (TPSA) is 113 Å². The molecular formula is C12H20N6O3. The molecule has 0 aliphatic carbocycles. The summed E-state index contributed by atoms with van der Waals surface area (Å²) in [6.45, 7) is 4.11. The molecule has 9 nitrogen and oxygen atoms in total. The molecule has 9 heteroatoms. The van der Waals surface area contributed by atoms with Crippen LogP contribution in [0.1, 0.15) is 19.0 Å². The molecule has 0 saturated carbocycles. The number of carbonyl (C=O) groups excluding carboxylic acids is 1. The van der Waals surface area contributed by atoms with Crippen LogP contribution < -0.4 is 10.6 Å². The third-order valence-corrected chi connectivity index (χ3v) is 2.68. The maximum absolute atomic E-state index is 11.6. The molecule has 0 spiro atoms. The predicted octanol–water partition coefficient (Wildman–Crippen LogP) is 1.02. The zero-order chi connectivity index (χ0) is 16.0. The Labute approximate surface area is 122 Å². The van der Waals surface area contributed by atoms with Crippen molar-refractivity contribution in [3.05, 3.63) is 15.8 Å². The molecule has 0 aliphatic rings. The summed E-state index contributed by atoms with van der Waals surface area (Å²) in [5.41, 5.74) is 0.0250. The van der Waals surface area contributed by atoms with E-state index in [2.05, 4.69) is 20.6 Å². The van der Waals surface area contributed by atoms with E-state index < -0.39 is 4.92 Å². The molecule has 1 rings (SSSR count). The van der Waals surface area contributed by atoms with Gasteiger partial charge in [-0.15, -0.1) is 0 Å². The number of anilines is 2. The van der Waals surface area contributed by atoms with Gasteiger partial charge in [-0.25, -0.2) is 4.98 Å². The van der Waals surface area contributed by atoms with Gasteiger partial charge < -0.3 is 15.5 Å². The maximum Gasteiger partial charge on any atom is 0.332 e. The molecule has 0 bridgehead atoms. The highest BCUT2D eigenvalue weighted by Crippen LogP contribution is 2.26. The fourth-order valence-electron chi connectivity index (χ4n) is 1.54. The van der Waals surface area contributed by atoms with Crippen LogP contribution in [-0.4, -0.2) is 52.9 Å². The van der Waals surface area contributed by atoms with Crippen LogP contribution in [-0.2, 0) is 4.79 Å². The summed E-state index contributed by atoms with van der Waals surface area (Å²) in [5, 5.41) is 16.8. The van der Waals surface area contributed by atoms with E-state index in [0.717, 1.165) is 6.42 Å². The van der Waals surface area contributed by atoms with Gasteiger partial charge in [0.25, 0.3) is 0 Å². The second kappa shape index (κ2) is 7.36. The van der Waals surface area contributed by atoms with Crippen molar-refractivity contribution in [3.8, 4) is 0 Å². The van der Waals surface area contributed by atoms with Crippen LogP contribution >= 0.6 is 0 Å². The molecule has 1 heterocycles. The van der Waals surface area contributed by atoms with E-state index >= 15 is 0 Å². The van der Waals surface area contributed by atoms with Gasteiger partial charge in [-0.05, 0) is 13.3 Å². The SMILES string of the molecule is CCCNc1nc(C)c([N+](=O)[O-])c(NCC(=O)N(C)C)n1. The first-order chi connectivity index (χ1) is 9.86. The number of nitro groups is 1. The molecule has 0 fully saturated rings. The summed E-state index contributed by atoms with van der Waals surface area (Å²) >= 11 is 0. The van der Waals surface area contributed by atoms with Gasteiger partial charge in [-0.1, -0.05) is 6.92 Å². The molecule has 1 amide bonds. The van der Waals surface area contributed by atoms with Gasteiger partial charge in [0.1, 0.15) is 5.69 Å². The van der Waals surface area contributed by atoms with E-state index in [1.54, 1.807) is 14.1 Å². The Bertz CT molecular complexity index is 532. The summed E-state index contributed by atoms with van der Waals surface area (Å²) in [5.74, 6) is 0.143. The number of rotatable bonds is 7. The Kier molecular flexibility index (Phi) is 5.82. The van der Waals surface area contributed by atoms with Crippen molar-refractivity contribution in [2.75, 3.05) is 37.8 Å². The van der Waals surface area contributed by atoms with E-state index in [1.807, 2.05) is 6.92 Å². The van der Waals surface area contributed by atoms with E-state index in [4.69, 9.17) is 0 Å². The normalized spacial score (nSPS) is 10.1. The summed E-state index contributed by atoms with van der Waals surface area (Å²) in [6.07, 6.45) is 0.876. The molecule has 1 aromatic heterocycles. The molecular weight excluding hydrogens is 276 g/mol. The second-order valence-corrected chi connectivity index (χ2v) is 4.66.